The second-order valence-electron chi connectivity index (χ2n) is 7.47. The monoisotopic (exact) mass is 371 g/mol. The van der Waals surface area contributed by atoms with Gasteiger partial charge in [0.25, 0.3) is 5.91 Å². The average Bonchev–Trinajstić information content (AvgIpc) is 2.98. The fourth-order valence-electron chi connectivity index (χ4n) is 4.15. The first-order valence-corrected chi connectivity index (χ1v) is 9.92. The Balaban J connectivity index is 1.72. The molecular formula is C21H29N3O3. The highest BCUT2D eigenvalue weighted by molar-refractivity contribution is 6.22. The van der Waals surface area contributed by atoms with Crippen LogP contribution in [0, 0.1) is 12.8 Å². The SMILES string of the molecule is CCN(CC)C(=O)[C@@H]1CCCN([C@@H]2CC(=O)N(c3ccc(C)cc3)C2=O)C1. The molecule has 0 unspecified atom stereocenters. The van der Waals surface area contributed by atoms with Crippen molar-refractivity contribution in [2.45, 2.75) is 46.1 Å². The third-order valence-electron chi connectivity index (χ3n) is 5.73. The Kier molecular flexibility index (Phi) is 5.95. The van der Waals surface area contributed by atoms with Gasteiger partial charge in [0.2, 0.25) is 11.8 Å². The molecule has 146 valence electrons. The molecule has 0 bridgehead atoms. The van der Waals surface area contributed by atoms with Gasteiger partial charge in [-0.05, 0) is 52.3 Å². The summed E-state index contributed by atoms with van der Waals surface area (Å²) in [7, 11) is 0. The molecule has 6 heteroatoms. The molecule has 2 aliphatic heterocycles. The van der Waals surface area contributed by atoms with E-state index in [4.69, 9.17) is 0 Å². The van der Waals surface area contributed by atoms with Gasteiger partial charge in [0.15, 0.2) is 0 Å². The summed E-state index contributed by atoms with van der Waals surface area (Å²) < 4.78 is 0. The summed E-state index contributed by atoms with van der Waals surface area (Å²) in [6.45, 7) is 8.66. The summed E-state index contributed by atoms with van der Waals surface area (Å²) in [6, 6.07) is 6.99. The van der Waals surface area contributed by atoms with Crippen molar-refractivity contribution < 1.29 is 14.4 Å². The summed E-state index contributed by atoms with van der Waals surface area (Å²) in [5, 5.41) is 0. The van der Waals surface area contributed by atoms with E-state index in [1.54, 1.807) is 0 Å². The maximum Gasteiger partial charge on any atom is 0.251 e. The molecule has 2 saturated heterocycles. The van der Waals surface area contributed by atoms with Crippen molar-refractivity contribution in [2.24, 2.45) is 5.92 Å². The molecule has 0 aliphatic carbocycles. The standard InChI is InChI=1S/C21H29N3O3/c1-4-22(5-2)20(26)16-7-6-12-23(14-16)18-13-19(25)24(21(18)27)17-10-8-15(3)9-11-17/h8-11,16,18H,4-7,12-14H2,1-3H3/t16-,18-/m1/s1. The minimum atomic E-state index is -0.453. The van der Waals surface area contributed by atoms with Crippen molar-refractivity contribution in [2.75, 3.05) is 31.1 Å². The molecule has 2 atom stereocenters. The van der Waals surface area contributed by atoms with Gasteiger partial charge in [-0.3, -0.25) is 19.3 Å². The van der Waals surface area contributed by atoms with E-state index in [-0.39, 0.29) is 30.1 Å². The molecule has 0 spiro atoms. The first kappa shape index (κ1) is 19.5. The highest BCUT2D eigenvalue weighted by atomic mass is 16.2. The van der Waals surface area contributed by atoms with Crippen molar-refractivity contribution in [3.8, 4) is 0 Å². The molecule has 0 saturated carbocycles. The number of hydrogen-bond donors (Lipinski definition) is 0. The minimum absolute atomic E-state index is 0.0880. The van der Waals surface area contributed by atoms with Crippen LogP contribution in [0.15, 0.2) is 24.3 Å². The van der Waals surface area contributed by atoms with E-state index in [0.29, 0.717) is 25.3 Å². The quantitative estimate of drug-likeness (QED) is 0.745. The maximum absolute atomic E-state index is 13.0. The van der Waals surface area contributed by atoms with Gasteiger partial charge in [0, 0.05) is 19.6 Å². The number of carbonyl (C=O) groups is 3. The van der Waals surface area contributed by atoms with E-state index in [1.165, 1.54) is 4.90 Å². The lowest BCUT2D eigenvalue weighted by Gasteiger charge is -2.36. The van der Waals surface area contributed by atoms with Gasteiger partial charge in [0.1, 0.15) is 0 Å². The van der Waals surface area contributed by atoms with E-state index in [2.05, 4.69) is 0 Å². The molecule has 1 aromatic rings. The van der Waals surface area contributed by atoms with Crippen molar-refractivity contribution in [3.05, 3.63) is 29.8 Å². The third kappa shape index (κ3) is 3.90. The van der Waals surface area contributed by atoms with E-state index < -0.39 is 6.04 Å². The molecule has 6 nitrogen and oxygen atoms in total. The molecule has 3 amide bonds. The Hall–Kier alpha value is -2.21. The fraction of sp³-hybridized carbons (Fsp3) is 0.571. The van der Waals surface area contributed by atoms with Crippen LogP contribution in [-0.4, -0.2) is 59.7 Å². The highest BCUT2D eigenvalue weighted by Gasteiger charge is 2.44. The normalized spacial score (nSPS) is 23.7. The Morgan fingerprint density at radius 1 is 1.15 bits per heavy atom. The predicted octanol–water partition coefficient (Wildman–Crippen LogP) is 2.21. The second kappa shape index (κ2) is 8.21. The van der Waals surface area contributed by atoms with E-state index in [9.17, 15) is 14.4 Å². The first-order chi connectivity index (χ1) is 13.0. The zero-order valence-corrected chi connectivity index (χ0v) is 16.5. The number of piperidine rings is 1. The van der Waals surface area contributed by atoms with Crippen LogP contribution < -0.4 is 4.90 Å². The molecule has 27 heavy (non-hydrogen) atoms. The van der Waals surface area contributed by atoms with E-state index >= 15 is 0 Å². The van der Waals surface area contributed by atoms with Gasteiger partial charge in [-0.1, -0.05) is 17.7 Å². The molecule has 0 N–H and O–H groups in total. The number of imide groups is 1. The van der Waals surface area contributed by atoms with Gasteiger partial charge >= 0.3 is 0 Å². The average molecular weight is 371 g/mol. The van der Waals surface area contributed by atoms with Gasteiger partial charge < -0.3 is 4.90 Å². The van der Waals surface area contributed by atoms with Crippen molar-refractivity contribution >= 4 is 23.4 Å². The largest absolute Gasteiger partial charge is 0.343 e. The number of likely N-dealkylation sites (tertiary alicyclic amines) is 1. The van der Waals surface area contributed by atoms with Gasteiger partial charge in [-0.2, -0.15) is 0 Å². The van der Waals surface area contributed by atoms with Crippen LogP contribution in [-0.2, 0) is 14.4 Å². The van der Waals surface area contributed by atoms with Crippen molar-refractivity contribution in [3.63, 3.8) is 0 Å². The maximum atomic E-state index is 13.0. The number of rotatable bonds is 5. The molecular weight excluding hydrogens is 342 g/mol. The number of nitrogens with zero attached hydrogens (tertiary/aromatic N) is 3. The number of carbonyl (C=O) groups excluding carboxylic acids is 3. The smallest absolute Gasteiger partial charge is 0.251 e. The Bertz CT molecular complexity index is 712. The molecule has 3 rings (SSSR count). The third-order valence-corrected chi connectivity index (χ3v) is 5.73. The van der Waals surface area contributed by atoms with Crippen molar-refractivity contribution in [1.82, 2.24) is 9.80 Å². The molecule has 2 fully saturated rings. The molecule has 2 aliphatic rings. The lowest BCUT2D eigenvalue weighted by molar-refractivity contribution is -0.138. The summed E-state index contributed by atoms with van der Waals surface area (Å²) in [6.07, 6.45) is 1.92. The van der Waals surface area contributed by atoms with Crippen LogP contribution in [0.25, 0.3) is 0 Å². The second-order valence-corrected chi connectivity index (χ2v) is 7.47. The van der Waals surface area contributed by atoms with Crippen LogP contribution >= 0.6 is 0 Å². The van der Waals surface area contributed by atoms with Gasteiger partial charge in [0.05, 0.1) is 24.1 Å². The number of amides is 3. The molecule has 1 aromatic carbocycles. The topological polar surface area (TPSA) is 60.9 Å². The highest BCUT2D eigenvalue weighted by Crippen LogP contribution is 2.29. The molecule has 0 radical (unpaired) electrons. The van der Waals surface area contributed by atoms with Gasteiger partial charge in [-0.15, -0.1) is 0 Å². The zero-order valence-electron chi connectivity index (χ0n) is 16.5. The van der Waals surface area contributed by atoms with Crippen LogP contribution in [0.4, 0.5) is 5.69 Å². The van der Waals surface area contributed by atoms with Crippen LogP contribution in [0.1, 0.15) is 38.7 Å². The first-order valence-electron chi connectivity index (χ1n) is 9.92. The lowest BCUT2D eigenvalue weighted by Crippen LogP contribution is -2.50. The number of aryl methyl sites for hydroxylation is 1. The lowest BCUT2D eigenvalue weighted by atomic mass is 9.95. The summed E-state index contributed by atoms with van der Waals surface area (Å²) >= 11 is 0. The van der Waals surface area contributed by atoms with Gasteiger partial charge in [-0.25, -0.2) is 4.90 Å². The number of hydrogen-bond acceptors (Lipinski definition) is 4. The number of anilines is 1. The molecule has 2 heterocycles. The van der Waals surface area contributed by atoms with E-state index in [1.807, 2.05) is 54.8 Å². The van der Waals surface area contributed by atoms with Crippen LogP contribution in [0.5, 0.6) is 0 Å². The Labute approximate surface area is 161 Å². The van der Waals surface area contributed by atoms with Crippen molar-refractivity contribution in [1.29, 1.82) is 0 Å². The Morgan fingerprint density at radius 2 is 1.81 bits per heavy atom. The van der Waals surface area contributed by atoms with E-state index in [0.717, 1.165) is 24.9 Å². The summed E-state index contributed by atoms with van der Waals surface area (Å²) in [5.74, 6) is -0.252. The van der Waals surface area contributed by atoms with Crippen LogP contribution in [0.2, 0.25) is 0 Å². The summed E-state index contributed by atoms with van der Waals surface area (Å²) in [5.41, 5.74) is 1.72. The minimum Gasteiger partial charge on any atom is -0.343 e. The predicted molar refractivity (Wildman–Crippen MR) is 104 cm³/mol. The van der Waals surface area contributed by atoms with Crippen LogP contribution in [0.3, 0.4) is 0 Å². The molecule has 0 aromatic heterocycles. The number of benzene rings is 1. The zero-order chi connectivity index (χ0) is 19.6. The Morgan fingerprint density at radius 3 is 2.44 bits per heavy atom. The fourth-order valence-corrected chi connectivity index (χ4v) is 4.15. The summed E-state index contributed by atoms with van der Waals surface area (Å²) in [4.78, 5) is 43.5.